The molecule has 0 saturated carbocycles. The Morgan fingerprint density at radius 2 is 1.79 bits per heavy atom. The Bertz CT molecular complexity index is 538. The first-order valence-electron chi connectivity index (χ1n) is 5.57. The Morgan fingerprint density at radius 3 is 2.21 bits per heavy atom. The Balaban J connectivity index is 3.02. The second-order valence-corrected chi connectivity index (χ2v) is 7.89. The maximum Gasteiger partial charge on any atom is 0.242 e. The van der Waals surface area contributed by atoms with Gasteiger partial charge in [-0.3, -0.25) is 0 Å². The van der Waals surface area contributed by atoms with Crippen LogP contribution >= 0.6 is 31.9 Å². The number of halogens is 2. The first kappa shape index (κ1) is 16.9. The molecule has 0 aromatic heterocycles. The molecule has 1 rings (SSSR count). The van der Waals surface area contributed by atoms with Crippen molar-refractivity contribution in [3.63, 3.8) is 0 Å². The topological polar surface area (TPSA) is 92.4 Å². The molecule has 0 heterocycles. The number of aliphatic hydroxyl groups is 1. The van der Waals surface area contributed by atoms with Gasteiger partial charge >= 0.3 is 0 Å². The molecule has 0 spiro atoms. The zero-order valence-corrected chi connectivity index (χ0v) is 14.5. The number of nitrogen functional groups attached to an aromatic ring is 1. The van der Waals surface area contributed by atoms with Crippen LogP contribution in [-0.4, -0.2) is 26.2 Å². The number of anilines is 1. The fourth-order valence-corrected chi connectivity index (χ4v) is 5.01. The average molecular weight is 416 g/mol. The first-order valence-corrected chi connectivity index (χ1v) is 8.64. The van der Waals surface area contributed by atoms with Crippen LogP contribution in [0.1, 0.15) is 13.8 Å². The van der Waals surface area contributed by atoms with E-state index in [9.17, 15) is 13.5 Å². The van der Waals surface area contributed by atoms with Gasteiger partial charge in [-0.05, 0) is 49.9 Å². The molecule has 1 atom stereocenters. The van der Waals surface area contributed by atoms with Crippen LogP contribution in [0.25, 0.3) is 0 Å². The molecule has 0 fully saturated rings. The van der Waals surface area contributed by atoms with Crippen molar-refractivity contribution in [1.29, 1.82) is 0 Å². The van der Waals surface area contributed by atoms with Gasteiger partial charge in [-0.1, -0.05) is 13.8 Å². The lowest BCUT2D eigenvalue weighted by Gasteiger charge is -2.16. The second-order valence-electron chi connectivity index (χ2n) is 4.48. The van der Waals surface area contributed by atoms with E-state index in [0.29, 0.717) is 14.6 Å². The fourth-order valence-electron chi connectivity index (χ4n) is 1.34. The van der Waals surface area contributed by atoms with Crippen LogP contribution in [0.4, 0.5) is 5.69 Å². The van der Waals surface area contributed by atoms with Gasteiger partial charge in [0, 0.05) is 21.2 Å². The molecule has 0 amide bonds. The maximum atomic E-state index is 12.2. The zero-order chi connectivity index (χ0) is 14.8. The van der Waals surface area contributed by atoms with Crippen molar-refractivity contribution in [2.24, 2.45) is 5.92 Å². The van der Waals surface area contributed by atoms with Crippen molar-refractivity contribution in [2.75, 3.05) is 12.3 Å². The fraction of sp³-hybridized carbons (Fsp3) is 0.455. The van der Waals surface area contributed by atoms with E-state index in [1.165, 1.54) is 12.1 Å². The average Bonchev–Trinajstić information content (AvgIpc) is 2.23. The summed E-state index contributed by atoms with van der Waals surface area (Å²) in [5.74, 6) is -0.0269. The summed E-state index contributed by atoms with van der Waals surface area (Å²) >= 11 is 6.36. The smallest absolute Gasteiger partial charge is 0.242 e. The second kappa shape index (κ2) is 6.53. The van der Waals surface area contributed by atoms with Crippen LogP contribution in [0.3, 0.4) is 0 Å². The number of benzene rings is 1. The first-order chi connectivity index (χ1) is 8.65. The number of rotatable bonds is 5. The lowest BCUT2D eigenvalue weighted by molar-refractivity contribution is 0.129. The highest BCUT2D eigenvalue weighted by Crippen LogP contribution is 2.32. The lowest BCUT2D eigenvalue weighted by Crippen LogP contribution is -2.35. The molecular weight excluding hydrogens is 400 g/mol. The minimum absolute atomic E-state index is 0.0269. The largest absolute Gasteiger partial charge is 0.399 e. The number of hydrogen-bond acceptors (Lipinski definition) is 4. The predicted molar refractivity (Wildman–Crippen MR) is 82.3 cm³/mol. The molecular formula is C11H16Br2N2O3S. The van der Waals surface area contributed by atoms with E-state index in [0.717, 1.165) is 0 Å². The molecule has 0 bridgehead atoms. The number of hydrogen-bond donors (Lipinski definition) is 3. The summed E-state index contributed by atoms with van der Waals surface area (Å²) in [6, 6.07) is 3.02. The third-order valence-corrected chi connectivity index (χ3v) is 5.84. The molecule has 0 saturated heterocycles. The molecule has 0 aliphatic rings. The number of nitrogens with one attached hydrogen (secondary N) is 1. The van der Waals surface area contributed by atoms with Crippen molar-refractivity contribution in [1.82, 2.24) is 4.72 Å². The van der Waals surface area contributed by atoms with Crippen molar-refractivity contribution in [3.8, 4) is 0 Å². The summed E-state index contributed by atoms with van der Waals surface area (Å²) < 4.78 is 27.5. The summed E-state index contributed by atoms with van der Waals surface area (Å²) in [6.45, 7) is 3.59. The molecule has 8 heteroatoms. The van der Waals surface area contributed by atoms with E-state index < -0.39 is 16.1 Å². The van der Waals surface area contributed by atoms with E-state index in [1.807, 2.05) is 13.8 Å². The van der Waals surface area contributed by atoms with Gasteiger partial charge in [0.15, 0.2) is 0 Å². The van der Waals surface area contributed by atoms with Gasteiger partial charge in [0.25, 0.3) is 0 Å². The summed E-state index contributed by atoms with van der Waals surface area (Å²) in [5.41, 5.74) is 6.06. The molecule has 0 radical (unpaired) electrons. The summed E-state index contributed by atoms with van der Waals surface area (Å²) in [5, 5.41) is 9.65. The molecule has 0 aliphatic heterocycles. The van der Waals surface area contributed by atoms with E-state index >= 15 is 0 Å². The Kier molecular flexibility index (Phi) is 5.81. The van der Waals surface area contributed by atoms with Crippen LogP contribution in [0.5, 0.6) is 0 Å². The number of nitrogens with two attached hydrogens (primary N) is 1. The summed E-state index contributed by atoms with van der Waals surface area (Å²) in [6.07, 6.45) is -0.735. The van der Waals surface area contributed by atoms with Crippen LogP contribution in [0.15, 0.2) is 26.0 Å². The van der Waals surface area contributed by atoms with Crippen LogP contribution in [-0.2, 0) is 10.0 Å². The standard InChI is InChI=1S/C11H16Br2N2O3S/c1-6(2)10(16)5-15-19(17,18)11-8(12)3-7(14)4-9(11)13/h3-4,6,10,15-16H,5,14H2,1-2H3. The monoisotopic (exact) mass is 414 g/mol. The highest BCUT2D eigenvalue weighted by atomic mass is 79.9. The SMILES string of the molecule is CC(C)C(O)CNS(=O)(=O)c1c(Br)cc(N)cc1Br. The minimum atomic E-state index is -3.73. The molecule has 5 nitrogen and oxygen atoms in total. The van der Waals surface area contributed by atoms with Gasteiger partial charge < -0.3 is 10.8 Å². The lowest BCUT2D eigenvalue weighted by atomic mass is 10.1. The number of aliphatic hydroxyl groups excluding tert-OH is 1. The highest BCUT2D eigenvalue weighted by molar-refractivity contribution is 9.11. The van der Waals surface area contributed by atoms with Gasteiger partial charge in [-0.25, -0.2) is 13.1 Å². The van der Waals surface area contributed by atoms with E-state index in [-0.39, 0.29) is 17.4 Å². The third kappa shape index (κ3) is 4.42. The number of sulfonamides is 1. The highest BCUT2D eigenvalue weighted by Gasteiger charge is 2.23. The summed E-state index contributed by atoms with van der Waals surface area (Å²) in [7, 11) is -3.73. The van der Waals surface area contributed by atoms with Crippen LogP contribution < -0.4 is 10.5 Å². The van der Waals surface area contributed by atoms with Crippen molar-refractivity contribution >= 4 is 47.6 Å². The molecule has 108 valence electrons. The van der Waals surface area contributed by atoms with Crippen LogP contribution in [0, 0.1) is 5.92 Å². The van der Waals surface area contributed by atoms with Gasteiger partial charge in [-0.2, -0.15) is 0 Å². The van der Waals surface area contributed by atoms with Crippen LogP contribution in [0.2, 0.25) is 0 Å². The quantitative estimate of drug-likeness (QED) is 0.642. The van der Waals surface area contributed by atoms with Crippen molar-refractivity contribution in [3.05, 3.63) is 21.1 Å². The molecule has 1 aromatic carbocycles. The molecule has 0 aliphatic carbocycles. The van der Waals surface area contributed by atoms with E-state index in [4.69, 9.17) is 5.73 Å². The normalized spacial score (nSPS) is 13.8. The minimum Gasteiger partial charge on any atom is -0.399 e. The Morgan fingerprint density at radius 1 is 1.32 bits per heavy atom. The Labute approximate surface area is 129 Å². The molecule has 4 N–H and O–H groups in total. The third-order valence-electron chi connectivity index (χ3n) is 2.54. The van der Waals surface area contributed by atoms with E-state index in [2.05, 4.69) is 36.6 Å². The van der Waals surface area contributed by atoms with Gasteiger partial charge in [0.2, 0.25) is 10.0 Å². The zero-order valence-electron chi connectivity index (χ0n) is 10.5. The predicted octanol–water partition coefficient (Wildman–Crippen LogP) is 2.09. The van der Waals surface area contributed by atoms with Gasteiger partial charge in [0.1, 0.15) is 4.90 Å². The van der Waals surface area contributed by atoms with Crippen molar-refractivity contribution < 1.29 is 13.5 Å². The Hall–Kier alpha value is -0.150. The van der Waals surface area contributed by atoms with E-state index in [1.54, 1.807) is 0 Å². The van der Waals surface area contributed by atoms with Gasteiger partial charge in [0.05, 0.1) is 6.10 Å². The maximum absolute atomic E-state index is 12.2. The molecule has 1 unspecified atom stereocenters. The van der Waals surface area contributed by atoms with Crippen molar-refractivity contribution in [2.45, 2.75) is 24.8 Å². The summed E-state index contributed by atoms with van der Waals surface area (Å²) in [4.78, 5) is 0.0673. The van der Waals surface area contributed by atoms with Gasteiger partial charge in [-0.15, -0.1) is 0 Å². The molecule has 19 heavy (non-hydrogen) atoms. The molecule has 1 aromatic rings.